The molecular formula is C18H22N4O3. The summed E-state index contributed by atoms with van der Waals surface area (Å²) in [6.07, 6.45) is 2.38. The smallest absolute Gasteiger partial charge is 0.254 e. The second kappa shape index (κ2) is 6.96. The summed E-state index contributed by atoms with van der Waals surface area (Å²) >= 11 is 0. The summed E-state index contributed by atoms with van der Waals surface area (Å²) in [4.78, 5) is 34.8. The minimum Gasteiger partial charge on any atom is -0.485 e. The summed E-state index contributed by atoms with van der Waals surface area (Å²) in [7, 11) is 3.82. The lowest BCUT2D eigenvalue weighted by Gasteiger charge is -2.20. The van der Waals surface area contributed by atoms with E-state index >= 15 is 0 Å². The van der Waals surface area contributed by atoms with Gasteiger partial charge in [-0.15, -0.1) is 0 Å². The van der Waals surface area contributed by atoms with Crippen molar-refractivity contribution >= 4 is 11.7 Å². The molecule has 7 heteroatoms. The number of hydrogen-bond donors (Lipinski definition) is 1. The highest BCUT2D eigenvalue weighted by atomic mass is 16.5. The Bertz CT molecular complexity index is 831. The second-order valence-electron chi connectivity index (χ2n) is 6.42. The predicted octanol–water partition coefficient (Wildman–Crippen LogP) is 1.44. The van der Waals surface area contributed by atoms with Crippen molar-refractivity contribution in [1.82, 2.24) is 14.9 Å². The molecule has 2 aromatic heterocycles. The van der Waals surface area contributed by atoms with Gasteiger partial charge in [0.15, 0.2) is 11.6 Å². The molecule has 0 radical (unpaired) electrons. The van der Waals surface area contributed by atoms with E-state index < -0.39 is 0 Å². The van der Waals surface area contributed by atoms with E-state index in [1.54, 1.807) is 24.1 Å². The molecular weight excluding hydrogens is 320 g/mol. The largest absolute Gasteiger partial charge is 0.485 e. The van der Waals surface area contributed by atoms with Crippen molar-refractivity contribution in [2.45, 2.75) is 19.4 Å². The molecule has 0 saturated carbocycles. The fraction of sp³-hybridized carbons (Fsp3) is 0.389. The molecule has 1 saturated heterocycles. The zero-order valence-corrected chi connectivity index (χ0v) is 14.7. The number of rotatable bonds is 4. The minimum atomic E-state index is -0.263. The predicted molar refractivity (Wildman–Crippen MR) is 95.3 cm³/mol. The molecule has 2 aromatic rings. The molecule has 7 nitrogen and oxygen atoms in total. The normalized spacial score (nSPS) is 16.8. The number of carbonyl (C=O) groups is 1. The van der Waals surface area contributed by atoms with Crippen LogP contribution in [0.15, 0.2) is 35.3 Å². The van der Waals surface area contributed by atoms with Crippen LogP contribution >= 0.6 is 0 Å². The maximum Gasteiger partial charge on any atom is 0.254 e. The Morgan fingerprint density at radius 2 is 2.20 bits per heavy atom. The van der Waals surface area contributed by atoms with Crippen molar-refractivity contribution in [2.75, 3.05) is 32.1 Å². The standard InChI is InChI=1S/C18H22N4O3/c1-12-9-13(10-16(23)20-12)18(24)22-8-6-14(11-22)25-15-5-4-7-19-17(15)21(2)3/h4-5,7,9-10,14H,6,8,11H2,1-3H3,(H,20,23)/t14-/m0/s1. The Labute approximate surface area is 146 Å². The fourth-order valence-electron chi connectivity index (χ4n) is 2.99. The molecule has 3 heterocycles. The fourth-order valence-corrected chi connectivity index (χ4v) is 2.99. The molecule has 0 spiro atoms. The Kier molecular flexibility index (Phi) is 4.74. The van der Waals surface area contributed by atoms with E-state index in [9.17, 15) is 9.59 Å². The van der Waals surface area contributed by atoms with Crippen LogP contribution in [-0.4, -0.2) is 54.1 Å². The van der Waals surface area contributed by atoms with Crippen molar-refractivity contribution in [3.05, 3.63) is 52.1 Å². The lowest BCUT2D eigenvalue weighted by atomic mass is 10.2. The first-order chi connectivity index (χ1) is 11.9. The molecule has 132 valence electrons. The van der Waals surface area contributed by atoms with Crippen molar-refractivity contribution in [3.8, 4) is 5.75 Å². The van der Waals surface area contributed by atoms with Gasteiger partial charge in [-0.3, -0.25) is 9.59 Å². The molecule has 1 aliphatic rings. The van der Waals surface area contributed by atoms with Gasteiger partial charge in [0.25, 0.3) is 5.91 Å². The van der Waals surface area contributed by atoms with Crippen LogP contribution in [0.5, 0.6) is 5.75 Å². The summed E-state index contributed by atoms with van der Waals surface area (Å²) in [5, 5.41) is 0. The highest BCUT2D eigenvalue weighted by Crippen LogP contribution is 2.27. The summed E-state index contributed by atoms with van der Waals surface area (Å²) in [5.74, 6) is 1.33. The van der Waals surface area contributed by atoms with Gasteiger partial charge in [-0.25, -0.2) is 4.98 Å². The maximum atomic E-state index is 12.6. The number of nitrogens with one attached hydrogen (secondary N) is 1. The van der Waals surface area contributed by atoms with Crippen LogP contribution in [0.2, 0.25) is 0 Å². The van der Waals surface area contributed by atoms with E-state index in [0.29, 0.717) is 30.1 Å². The molecule has 3 rings (SSSR count). The number of hydrogen-bond acceptors (Lipinski definition) is 5. The second-order valence-corrected chi connectivity index (χ2v) is 6.42. The summed E-state index contributed by atoms with van der Waals surface area (Å²) in [6, 6.07) is 6.75. The van der Waals surface area contributed by atoms with Gasteiger partial charge in [0, 0.05) is 50.6 Å². The highest BCUT2D eigenvalue weighted by Gasteiger charge is 2.29. The number of aromatic amines is 1. The molecule has 0 aliphatic carbocycles. The van der Waals surface area contributed by atoms with Crippen LogP contribution in [-0.2, 0) is 0 Å². The number of nitrogens with zero attached hydrogens (tertiary/aromatic N) is 3. The third-order valence-corrected chi connectivity index (χ3v) is 4.13. The van der Waals surface area contributed by atoms with Gasteiger partial charge >= 0.3 is 0 Å². The van der Waals surface area contributed by atoms with Gasteiger partial charge in [0.1, 0.15) is 6.10 Å². The van der Waals surface area contributed by atoms with Crippen molar-refractivity contribution in [3.63, 3.8) is 0 Å². The lowest BCUT2D eigenvalue weighted by molar-refractivity contribution is 0.0772. The average molecular weight is 342 g/mol. The quantitative estimate of drug-likeness (QED) is 0.910. The number of likely N-dealkylation sites (tertiary alicyclic amines) is 1. The van der Waals surface area contributed by atoms with Gasteiger partial charge in [-0.2, -0.15) is 0 Å². The summed E-state index contributed by atoms with van der Waals surface area (Å²) < 4.78 is 6.07. The van der Waals surface area contributed by atoms with Gasteiger partial charge in [-0.05, 0) is 25.1 Å². The van der Waals surface area contributed by atoms with Gasteiger partial charge in [-0.1, -0.05) is 0 Å². The first-order valence-corrected chi connectivity index (χ1v) is 8.23. The Morgan fingerprint density at radius 3 is 2.92 bits per heavy atom. The van der Waals surface area contributed by atoms with E-state index in [4.69, 9.17) is 4.74 Å². The first kappa shape index (κ1) is 17.0. The van der Waals surface area contributed by atoms with Gasteiger partial charge < -0.3 is 19.5 Å². The van der Waals surface area contributed by atoms with E-state index in [-0.39, 0.29) is 17.6 Å². The molecule has 0 unspecified atom stereocenters. The Hall–Kier alpha value is -2.83. The molecule has 1 fully saturated rings. The number of ether oxygens (including phenoxy) is 1. The number of pyridine rings is 2. The molecule has 25 heavy (non-hydrogen) atoms. The zero-order chi connectivity index (χ0) is 18.0. The van der Waals surface area contributed by atoms with Gasteiger partial charge in [0.2, 0.25) is 5.56 Å². The van der Waals surface area contributed by atoms with E-state index in [2.05, 4.69) is 9.97 Å². The Balaban J connectivity index is 1.70. The number of H-pyrrole nitrogens is 1. The van der Waals surface area contributed by atoms with Crippen molar-refractivity contribution in [1.29, 1.82) is 0 Å². The molecule has 1 atom stereocenters. The van der Waals surface area contributed by atoms with Gasteiger partial charge in [0.05, 0.1) is 6.54 Å². The molecule has 0 bridgehead atoms. The van der Waals surface area contributed by atoms with E-state index in [1.165, 1.54) is 6.07 Å². The Morgan fingerprint density at radius 1 is 1.40 bits per heavy atom. The molecule has 1 aliphatic heterocycles. The average Bonchev–Trinajstić information content (AvgIpc) is 3.02. The van der Waals surface area contributed by atoms with Crippen LogP contribution in [0.4, 0.5) is 5.82 Å². The van der Waals surface area contributed by atoms with Crippen LogP contribution < -0.4 is 15.2 Å². The first-order valence-electron chi connectivity index (χ1n) is 8.23. The highest BCUT2D eigenvalue weighted by molar-refractivity contribution is 5.94. The minimum absolute atomic E-state index is 0.0880. The van der Waals surface area contributed by atoms with E-state index in [1.807, 2.05) is 31.1 Å². The van der Waals surface area contributed by atoms with E-state index in [0.717, 1.165) is 12.2 Å². The van der Waals surface area contributed by atoms with Crippen LogP contribution in [0.25, 0.3) is 0 Å². The monoisotopic (exact) mass is 342 g/mol. The van der Waals surface area contributed by atoms with Crippen LogP contribution in [0.3, 0.4) is 0 Å². The van der Waals surface area contributed by atoms with Crippen molar-refractivity contribution < 1.29 is 9.53 Å². The number of aromatic nitrogens is 2. The third kappa shape index (κ3) is 3.81. The number of anilines is 1. The zero-order valence-electron chi connectivity index (χ0n) is 14.7. The maximum absolute atomic E-state index is 12.6. The van der Waals surface area contributed by atoms with Crippen molar-refractivity contribution in [2.24, 2.45) is 0 Å². The van der Waals surface area contributed by atoms with Crippen LogP contribution in [0.1, 0.15) is 22.5 Å². The SMILES string of the molecule is Cc1cc(C(=O)N2CC[C@H](Oc3cccnc3N(C)C)C2)cc(=O)[nH]1. The molecule has 1 N–H and O–H groups in total. The lowest BCUT2D eigenvalue weighted by Crippen LogP contribution is -2.32. The molecule has 1 amide bonds. The number of amides is 1. The summed E-state index contributed by atoms with van der Waals surface area (Å²) in [5.41, 5.74) is 0.826. The third-order valence-electron chi connectivity index (χ3n) is 4.13. The molecule has 0 aromatic carbocycles. The number of aryl methyl sites for hydroxylation is 1. The summed E-state index contributed by atoms with van der Waals surface area (Å²) in [6.45, 7) is 2.86. The van der Waals surface area contributed by atoms with Crippen LogP contribution in [0, 0.1) is 6.92 Å². The number of carbonyl (C=O) groups excluding carboxylic acids is 1. The topological polar surface area (TPSA) is 78.5 Å².